The molecule has 0 aromatic heterocycles. The molecule has 0 unspecified atom stereocenters. The van der Waals surface area contributed by atoms with Gasteiger partial charge in [-0.05, 0) is 28.8 Å². The van der Waals surface area contributed by atoms with Crippen molar-refractivity contribution in [3.63, 3.8) is 0 Å². The maximum Gasteiger partial charge on any atom is 0.328 e. The summed E-state index contributed by atoms with van der Waals surface area (Å²) in [6, 6.07) is 24.7. The summed E-state index contributed by atoms with van der Waals surface area (Å²) < 4.78 is 10.7. The standard InChI is InChI=1S/C25H25NO5/c1-30-25(29)22(26-24(28)23(27)20-12-6-3-7-13-20)16-19-11-8-14-21(15-19)31-17-18-9-4-2-5-10-18/h2-15,22-23,27H,16-17H2,1H3,(H,26,28)/t22-,23+/m1/s1. The number of carbonyl (C=O) groups excluding carboxylic acids is 2. The predicted molar refractivity (Wildman–Crippen MR) is 116 cm³/mol. The Morgan fingerprint density at radius 1 is 0.903 bits per heavy atom. The Kier molecular flexibility index (Phi) is 7.79. The number of nitrogens with one attached hydrogen (secondary N) is 1. The van der Waals surface area contributed by atoms with E-state index in [-0.39, 0.29) is 6.42 Å². The van der Waals surface area contributed by atoms with Crippen LogP contribution in [-0.4, -0.2) is 30.1 Å². The van der Waals surface area contributed by atoms with Crippen molar-refractivity contribution < 1.29 is 24.2 Å². The summed E-state index contributed by atoms with van der Waals surface area (Å²) in [6.45, 7) is 0.421. The second-order valence-electron chi connectivity index (χ2n) is 7.02. The molecule has 0 saturated carbocycles. The third kappa shape index (κ3) is 6.42. The van der Waals surface area contributed by atoms with Gasteiger partial charge in [-0.15, -0.1) is 0 Å². The second-order valence-corrected chi connectivity index (χ2v) is 7.02. The number of aliphatic hydroxyl groups is 1. The fourth-order valence-corrected chi connectivity index (χ4v) is 3.11. The molecule has 0 spiro atoms. The second kappa shape index (κ2) is 10.9. The number of methoxy groups -OCH3 is 1. The van der Waals surface area contributed by atoms with E-state index in [0.29, 0.717) is 17.9 Å². The fraction of sp³-hybridized carbons (Fsp3) is 0.200. The van der Waals surface area contributed by atoms with E-state index >= 15 is 0 Å². The zero-order chi connectivity index (χ0) is 22.1. The van der Waals surface area contributed by atoms with E-state index in [1.807, 2.05) is 54.6 Å². The summed E-state index contributed by atoms with van der Waals surface area (Å²) in [4.78, 5) is 24.8. The summed E-state index contributed by atoms with van der Waals surface area (Å²) in [7, 11) is 1.26. The maximum absolute atomic E-state index is 12.5. The van der Waals surface area contributed by atoms with Crippen LogP contribution in [0.3, 0.4) is 0 Å². The van der Waals surface area contributed by atoms with E-state index in [2.05, 4.69) is 5.32 Å². The van der Waals surface area contributed by atoms with E-state index in [4.69, 9.17) is 9.47 Å². The molecule has 160 valence electrons. The third-order valence-corrected chi connectivity index (χ3v) is 4.75. The largest absolute Gasteiger partial charge is 0.489 e. The van der Waals surface area contributed by atoms with Crippen LogP contribution in [-0.2, 0) is 27.4 Å². The van der Waals surface area contributed by atoms with Gasteiger partial charge >= 0.3 is 5.97 Å². The minimum atomic E-state index is -1.38. The first-order valence-electron chi connectivity index (χ1n) is 9.93. The Morgan fingerprint density at radius 3 is 2.23 bits per heavy atom. The van der Waals surface area contributed by atoms with Crippen molar-refractivity contribution in [1.29, 1.82) is 0 Å². The molecule has 31 heavy (non-hydrogen) atoms. The quantitative estimate of drug-likeness (QED) is 0.521. The smallest absolute Gasteiger partial charge is 0.328 e. The average Bonchev–Trinajstić information content (AvgIpc) is 2.82. The molecule has 0 aliphatic heterocycles. The molecule has 3 rings (SSSR count). The van der Waals surface area contributed by atoms with Crippen LogP contribution in [0.1, 0.15) is 22.8 Å². The molecule has 3 aromatic rings. The molecule has 1 amide bonds. The Hall–Kier alpha value is -3.64. The molecule has 0 bridgehead atoms. The first kappa shape index (κ1) is 22.1. The molecule has 0 radical (unpaired) electrons. The van der Waals surface area contributed by atoms with Gasteiger partial charge in [-0.3, -0.25) is 4.79 Å². The van der Waals surface area contributed by atoms with E-state index in [1.54, 1.807) is 30.3 Å². The lowest BCUT2D eigenvalue weighted by Crippen LogP contribution is -2.45. The number of ether oxygens (including phenoxy) is 2. The maximum atomic E-state index is 12.5. The fourth-order valence-electron chi connectivity index (χ4n) is 3.11. The van der Waals surface area contributed by atoms with Crippen LogP contribution in [0, 0.1) is 0 Å². The van der Waals surface area contributed by atoms with E-state index in [9.17, 15) is 14.7 Å². The van der Waals surface area contributed by atoms with Gasteiger partial charge in [0.2, 0.25) is 0 Å². The lowest BCUT2D eigenvalue weighted by Gasteiger charge is -2.19. The SMILES string of the molecule is COC(=O)[C@@H](Cc1cccc(OCc2ccccc2)c1)NC(=O)[C@@H](O)c1ccccc1. The molecule has 6 nitrogen and oxygen atoms in total. The Bertz CT molecular complexity index is 991. The molecule has 0 saturated heterocycles. The van der Waals surface area contributed by atoms with Gasteiger partial charge in [0, 0.05) is 6.42 Å². The number of esters is 1. The molecule has 2 N–H and O–H groups in total. The number of benzene rings is 3. The van der Waals surface area contributed by atoms with Crippen molar-refractivity contribution in [2.75, 3.05) is 7.11 Å². The van der Waals surface area contributed by atoms with Gasteiger partial charge in [0.15, 0.2) is 6.10 Å². The molecule has 6 heteroatoms. The zero-order valence-corrected chi connectivity index (χ0v) is 17.2. The number of aliphatic hydroxyl groups excluding tert-OH is 1. The summed E-state index contributed by atoms with van der Waals surface area (Å²) in [5.74, 6) is -0.608. The summed E-state index contributed by atoms with van der Waals surface area (Å²) in [6.07, 6.45) is -1.18. The minimum absolute atomic E-state index is 0.197. The highest BCUT2D eigenvalue weighted by molar-refractivity contribution is 5.87. The first-order chi connectivity index (χ1) is 15.1. The highest BCUT2D eigenvalue weighted by atomic mass is 16.5. The van der Waals surface area contributed by atoms with Gasteiger partial charge in [0.25, 0.3) is 5.91 Å². The Balaban J connectivity index is 1.66. The van der Waals surface area contributed by atoms with Gasteiger partial charge in [-0.1, -0.05) is 72.8 Å². The van der Waals surface area contributed by atoms with Crippen molar-refractivity contribution >= 4 is 11.9 Å². The molecule has 0 aliphatic carbocycles. The number of carbonyl (C=O) groups is 2. The predicted octanol–water partition coefficient (Wildman–Crippen LogP) is 3.20. The Morgan fingerprint density at radius 2 is 1.55 bits per heavy atom. The number of hydrogen-bond acceptors (Lipinski definition) is 5. The normalized spacial score (nSPS) is 12.5. The highest BCUT2D eigenvalue weighted by Gasteiger charge is 2.26. The topological polar surface area (TPSA) is 84.9 Å². The first-order valence-corrected chi connectivity index (χ1v) is 9.93. The van der Waals surface area contributed by atoms with E-state index in [1.165, 1.54) is 7.11 Å². The van der Waals surface area contributed by atoms with Gasteiger partial charge < -0.3 is 19.9 Å². The molecule has 0 fully saturated rings. The summed E-state index contributed by atoms with van der Waals surface area (Å²) >= 11 is 0. The van der Waals surface area contributed by atoms with Crippen LogP contribution in [0.25, 0.3) is 0 Å². The monoisotopic (exact) mass is 419 g/mol. The van der Waals surface area contributed by atoms with Crippen LogP contribution in [0.4, 0.5) is 0 Å². The lowest BCUT2D eigenvalue weighted by molar-refractivity contribution is -0.146. The molecule has 0 aliphatic rings. The molecule has 3 aromatic carbocycles. The molecule has 2 atom stereocenters. The van der Waals surface area contributed by atoms with Gasteiger partial charge in [-0.2, -0.15) is 0 Å². The van der Waals surface area contributed by atoms with Crippen molar-refractivity contribution in [1.82, 2.24) is 5.32 Å². The van der Waals surface area contributed by atoms with Crippen LogP contribution >= 0.6 is 0 Å². The van der Waals surface area contributed by atoms with Gasteiger partial charge in [-0.25, -0.2) is 4.79 Å². The lowest BCUT2D eigenvalue weighted by atomic mass is 10.0. The van der Waals surface area contributed by atoms with Crippen LogP contribution < -0.4 is 10.1 Å². The van der Waals surface area contributed by atoms with Gasteiger partial charge in [0.1, 0.15) is 18.4 Å². The van der Waals surface area contributed by atoms with Crippen LogP contribution in [0.5, 0.6) is 5.75 Å². The van der Waals surface area contributed by atoms with Crippen molar-refractivity contribution in [3.8, 4) is 5.75 Å². The summed E-state index contributed by atoms with van der Waals surface area (Å²) in [5.41, 5.74) is 2.28. The molecular formula is C25H25NO5. The number of hydrogen-bond donors (Lipinski definition) is 2. The minimum Gasteiger partial charge on any atom is -0.489 e. The van der Waals surface area contributed by atoms with Crippen LogP contribution in [0.15, 0.2) is 84.9 Å². The third-order valence-electron chi connectivity index (χ3n) is 4.75. The average molecular weight is 419 g/mol. The van der Waals surface area contributed by atoms with Crippen molar-refractivity contribution in [2.45, 2.75) is 25.2 Å². The van der Waals surface area contributed by atoms with Crippen molar-refractivity contribution in [2.24, 2.45) is 0 Å². The van der Waals surface area contributed by atoms with Crippen molar-refractivity contribution in [3.05, 3.63) is 102 Å². The van der Waals surface area contributed by atoms with Gasteiger partial charge in [0.05, 0.1) is 7.11 Å². The zero-order valence-electron chi connectivity index (χ0n) is 17.2. The van der Waals surface area contributed by atoms with E-state index in [0.717, 1.165) is 11.1 Å². The van der Waals surface area contributed by atoms with E-state index < -0.39 is 24.0 Å². The number of amides is 1. The Labute approximate surface area is 181 Å². The summed E-state index contributed by atoms with van der Waals surface area (Å²) in [5, 5.41) is 12.9. The molecule has 0 heterocycles. The van der Waals surface area contributed by atoms with Crippen LogP contribution in [0.2, 0.25) is 0 Å². The highest BCUT2D eigenvalue weighted by Crippen LogP contribution is 2.18. The number of rotatable bonds is 9. The molecular weight excluding hydrogens is 394 g/mol.